The Labute approximate surface area is 224 Å². The predicted octanol–water partition coefficient (Wildman–Crippen LogP) is 5.48. The zero-order valence-electron chi connectivity index (χ0n) is 21.4. The minimum atomic E-state index is -2.71. The van der Waals surface area contributed by atoms with E-state index in [1.54, 1.807) is 39.0 Å². The maximum Gasteiger partial charge on any atom is 0.229 e. The molecule has 5 rings (SSSR count). The molecule has 0 radical (unpaired) electrons. The lowest BCUT2D eigenvalue weighted by atomic mass is 9.93. The van der Waals surface area contributed by atoms with Crippen LogP contribution < -0.4 is 20.7 Å². The van der Waals surface area contributed by atoms with E-state index in [9.17, 15) is 4.57 Å². The summed E-state index contributed by atoms with van der Waals surface area (Å²) in [6, 6.07) is 8.26. The lowest BCUT2D eigenvalue weighted by Crippen LogP contribution is -2.30. The smallest absolute Gasteiger partial charge is 0.229 e. The zero-order chi connectivity index (χ0) is 26.3. The van der Waals surface area contributed by atoms with E-state index in [4.69, 9.17) is 9.72 Å². The maximum absolute atomic E-state index is 13.3. The zero-order valence-corrected chi connectivity index (χ0v) is 23.9. The number of likely N-dealkylation sites (N-methyl/N-ethyl adjacent to an activating group) is 1. The topological polar surface area (TPSA) is 105 Å². The van der Waals surface area contributed by atoms with Gasteiger partial charge in [0.2, 0.25) is 5.95 Å². The molecule has 2 aromatic carbocycles. The van der Waals surface area contributed by atoms with E-state index in [2.05, 4.69) is 72.5 Å². The lowest BCUT2D eigenvalue weighted by molar-refractivity contribution is 0.247. The van der Waals surface area contributed by atoms with E-state index in [0.29, 0.717) is 44.3 Å². The van der Waals surface area contributed by atoms with Crippen LogP contribution in [0.25, 0.3) is 11.0 Å². The molecule has 0 fully saturated rings. The standard InChI is InChI=1S/C26H29BrN7O2P/c1-15-17-13-22(36-3)21(12-16(17)8-11-34(15)2)32-26-30-14-18(27)25(33-26)31-20-7-6-19-23(29-10-9-28-19)24(20)37(4,5)35/h6-7,9-10,12-15H,8,11H2,1-5H3,(H2,30,31,32,33)/t15-/m0/s1. The summed E-state index contributed by atoms with van der Waals surface area (Å²) in [5.74, 6) is 1.67. The average molecular weight is 582 g/mol. The number of nitrogens with one attached hydrogen (secondary N) is 2. The minimum Gasteiger partial charge on any atom is -0.495 e. The van der Waals surface area contributed by atoms with E-state index in [1.807, 2.05) is 12.1 Å². The van der Waals surface area contributed by atoms with Gasteiger partial charge in [-0.2, -0.15) is 4.98 Å². The molecule has 192 valence electrons. The quantitative estimate of drug-likeness (QED) is 0.286. The Hall–Kier alpha value is -3.07. The molecule has 37 heavy (non-hydrogen) atoms. The molecular formula is C26H29BrN7O2P. The van der Waals surface area contributed by atoms with E-state index in [1.165, 1.54) is 11.1 Å². The molecule has 2 N–H and O–H groups in total. The number of hydrogen-bond donors (Lipinski definition) is 2. The lowest BCUT2D eigenvalue weighted by Gasteiger charge is -2.32. The summed E-state index contributed by atoms with van der Waals surface area (Å²) in [7, 11) is 1.09. The number of anilines is 4. The highest BCUT2D eigenvalue weighted by Gasteiger charge is 2.24. The molecule has 0 unspecified atom stereocenters. The molecule has 0 spiro atoms. The summed E-state index contributed by atoms with van der Waals surface area (Å²) in [4.78, 5) is 20.3. The number of hydrogen-bond acceptors (Lipinski definition) is 9. The van der Waals surface area contributed by atoms with Crippen molar-refractivity contribution in [1.82, 2.24) is 24.8 Å². The molecule has 0 saturated heterocycles. The molecule has 1 aliphatic rings. The highest BCUT2D eigenvalue weighted by atomic mass is 79.9. The number of benzene rings is 2. The molecule has 0 saturated carbocycles. The Morgan fingerprint density at radius 2 is 1.89 bits per heavy atom. The second-order valence-corrected chi connectivity index (χ2v) is 13.5. The molecule has 4 aromatic rings. The Morgan fingerprint density at radius 3 is 2.65 bits per heavy atom. The van der Waals surface area contributed by atoms with Crippen LogP contribution in [0.4, 0.5) is 23.1 Å². The fourth-order valence-corrected chi connectivity index (χ4v) is 6.35. The van der Waals surface area contributed by atoms with Crippen molar-refractivity contribution < 1.29 is 9.30 Å². The highest BCUT2D eigenvalue weighted by Crippen LogP contribution is 2.41. The van der Waals surface area contributed by atoms with Crippen molar-refractivity contribution in [2.75, 3.05) is 44.7 Å². The Balaban J connectivity index is 1.51. The van der Waals surface area contributed by atoms with Crippen molar-refractivity contribution in [3.05, 3.63) is 58.5 Å². The van der Waals surface area contributed by atoms with Crippen LogP contribution in [0, 0.1) is 0 Å². The van der Waals surface area contributed by atoms with Crippen molar-refractivity contribution in [3.63, 3.8) is 0 Å². The first-order valence-electron chi connectivity index (χ1n) is 11.9. The summed E-state index contributed by atoms with van der Waals surface area (Å²) in [5.41, 5.74) is 5.33. The van der Waals surface area contributed by atoms with Crippen LogP contribution in [0.5, 0.6) is 5.75 Å². The number of ether oxygens (including phenoxy) is 1. The van der Waals surface area contributed by atoms with Gasteiger partial charge in [-0.15, -0.1) is 0 Å². The summed E-state index contributed by atoms with van der Waals surface area (Å²) in [6.07, 6.45) is 5.88. The number of fused-ring (bicyclic) bond motifs is 2. The fourth-order valence-electron chi connectivity index (χ4n) is 4.67. The van der Waals surface area contributed by atoms with Gasteiger partial charge in [0.05, 0.1) is 33.8 Å². The third-order valence-electron chi connectivity index (χ3n) is 6.70. The van der Waals surface area contributed by atoms with Gasteiger partial charge < -0.3 is 19.9 Å². The largest absolute Gasteiger partial charge is 0.495 e. The molecule has 0 amide bonds. The van der Waals surface area contributed by atoms with Gasteiger partial charge in [-0.05, 0) is 85.0 Å². The van der Waals surface area contributed by atoms with Crippen molar-refractivity contribution >= 4 is 62.6 Å². The number of nitrogens with zero attached hydrogens (tertiary/aromatic N) is 5. The van der Waals surface area contributed by atoms with Crippen LogP contribution >= 0.6 is 23.1 Å². The first-order valence-corrected chi connectivity index (χ1v) is 15.3. The number of methoxy groups -OCH3 is 1. The van der Waals surface area contributed by atoms with Gasteiger partial charge in [-0.3, -0.25) is 14.9 Å². The third kappa shape index (κ3) is 5.06. The Bertz CT molecular complexity index is 1540. The van der Waals surface area contributed by atoms with Gasteiger partial charge in [0.25, 0.3) is 0 Å². The second-order valence-electron chi connectivity index (χ2n) is 9.53. The molecule has 1 aliphatic heterocycles. The van der Waals surface area contributed by atoms with Crippen molar-refractivity contribution in [2.24, 2.45) is 0 Å². The van der Waals surface area contributed by atoms with Gasteiger partial charge in [0, 0.05) is 31.2 Å². The molecule has 9 nitrogen and oxygen atoms in total. The summed E-state index contributed by atoms with van der Waals surface area (Å²) in [5, 5.41) is 7.30. The van der Waals surface area contributed by atoms with E-state index in [0.717, 1.165) is 24.4 Å². The van der Waals surface area contributed by atoms with Crippen LogP contribution in [-0.4, -0.2) is 58.9 Å². The fraction of sp³-hybridized carbons (Fsp3) is 0.308. The van der Waals surface area contributed by atoms with Crippen molar-refractivity contribution in [1.29, 1.82) is 0 Å². The summed E-state index contributed by atoms with van der Waals surface area (Å²) >= 11 is 3.55. The molecule has 11 heteroatoms. The SMILES string of the molecule is COc1cc2c(cc1Nc1ncc(Br)c(Nc3ccc4nccnc4c3P(C)(C)=O)n1)CCN(C)[C@H]2C. The van der Waals surface area contributed by atoms with Gasteiger partial charge in [0.1, 0.15) is 24.2 Å². The van der Waals surface area contributed by atoms with Crippen LogP contribution in [0.1, 0.15) is 24.1 Å². The third-order valence-corrected chi connectivity index (χ3v) is 8.81. The number of aromatic nitrogens is 4. The van der Waals surface area contributed by atoms with E-state index >= 15 is 0 Å². The summed E-state index contributed by atoms with van der Waals surface area (Å²) < 4.78 is 19.7. The van der Waals surface area contributed by atoms with Crippen LogP contribution in [-0.2, 0) is 11.0 Å². The molecule has 0 bridgehead atoms. The molecule has 1 atom stereocenters. The van der Waals surface area contributed by atoms with Crippen LogP contribution in [0.15, 0.2) is 47.3 Å². The van der Waals surface area contributed by atoms with Gasteiger partial charge in [-0.1, -0.05) is 0 Å². The normalized spacial score (nSPS) is 15.9. The van der Waals surface area contributed by atoms with Crippen LogP contribution in [0.2, 0.25) is 0 Å². The maximum atomic E-state index is 13.3. The molecule has 3 heterocycles. The van der Waals surface area contributed by atoms with Gasteiger partial charge >= 0.3 is 0 Å². The van der Waals surface area contributed by atoms with Crippen LogP contribution in [0.3, 0.4) is 0 Å². The number of halogens is 1. The minimum absolute atomic E-state index is 0.320. The second kappa shape index (κ2) is 10.0. The Morgan fingerprint density at radius 1 is 1.11 bits per heavy atom. The van der Waals surface area contributed by atoms with E-state index < -0.39 is 7.14 Å². The monoisotopic (exact) mass is 581 g/mol. The van der Waals surface area contributed by atoms with Gasteiger partial charge in [0.15, 0.2) is 0 Å². The van der Waals surface area contributed by atoms with E-state index in [-0.39, 0.29) is 0 Å². The first-order chi connectivity index (χ1) is 17.7. The van der Waals surface area contributed by atoms with Gasteiger partial charge in [-0.25, -0.2) is 4.98 Å². The summed E-state index contributed by atoms with van der Waals surface area (Å²) in [6.45, 7) is 6.66. The highest BCUT2D eigenvalue weighted by molar-refractivity contribution is 9.10. The molecule has 0 aliphatic carbocycles. The molecular weight excluding hydrogens is 553 g/mol. The van der Waals surface area contributed by atoms with Crippen molar-refractivity contribution in [3.8, 4) is 5.75 Å². The average Bonchev–Trinajstić information content (AvgIpc) is 2.87. The number of rotatable bonds is 6. The molecule has 2 aromatic heterocycles. The Kier molecular flexibility index (Phi) is 6.91. The first kappa shape index (κ1) is 25.6. The van der Waals surface area contributed by atoms with Crippen molar-refractivity contribution in [2.45, 2.75) is 19.4 Å². The predicted molar refractivity (Wildman–Crippen MR) is 153 cm³/mol.